The Balaban J connectivity index is 2.84. The molecule has 0 spiro atoms. The van der Waals surface area contributed by atoms with E-state index in [9.17, 15) is 0 Å². The van der Waals surface area contributed by atoms with Crippen molar-refractivity contribution in [1.29, 1.82) is 0 Å². The van der Waals surface area contributed by atoms with Crippen LogP contribution in [0, 0.1) is 6.92 Å². The molecule has 1 nitrogen and oxygen atoms in total. The minimum absolute atomic E-state index is 0.953. The molecule has 0 bridgehead atoms. The standard InChI is InChI=1S/C12H17N/c1-10(9-13-3)8-12-7-5-4-6-11(12)2/h4-8,13H,9H2,1-3H3/b10-8-. The molecule has 0 aliphatic rings. The van der Waals surface area contributed by atoms with Crippen molar-refractivity contribution in [2.24, 2.45) is 0 Å². The molecule has 0 aliphatic carbocycles. The lowest BCUT2D eigenvalue weighted by molar-refractivity contribution is 0.884. The molecule has 0 fully saturated rings. The fraction of sp³-hybridized carbons (Fsp3) is 0.333. The van der Waals surface area contributed by atoms with E-state index < -0.39 is 0 Å². The zero-order valence-electron chi connectivity index (χ0n) is 8.59. The number of hydrogen-bond acceptors (Lipinski definition) is 1. The van der Waals surface area contributed by atoms with E-state index in [0.717, 1.165) is 6.54 Å². The Morgan fingerprint density at radius 2 is 2.08 bits per heavy atom. The van der Waals surface area contributed by atoms with Gasteiger partial charge in [-0.2, -0.15) is 0 Å². The lowest BCUT2D eigenvalue weighted by Gasteiger charge is -2.02. The van der Waals surface area contributed by atoms with Crippen LogP contribution in [0.15, 0.2) is 29.8 Å². The first-order valence-electron chi connectivity index (χ1n) is 4.61. The number of rotatable bonds is 3. The normalized spacial score (nSPS) is 11.8. The minimum Gasteiger partial charge on any atom is -0.316 e. The Morgan fingerprint density at radius 3 is 2.69 bits per heavy atom. The van der Waals surface area contributed by atoms with Gasteiger partial charge in [-0.15, -0.1) is 0 Å². The van der Waals surface area contributed by atoms with Gasteiger partial charge in [-0.3, -0.25) is 0 Å². The molecule has 1 aromatic carbocycles. The van der Waals surface area contributed by atoms with Crippen LogP contribution in [0.2, 0.25) is 0 Å². The van der Waals surface area contributed by atoms with Gasteiger partial charge in [0.15, 0.2) is 0 Å². The summed E-state index contributed by atoms with van der Waals surface area (Å²) in [5.74, 6) is 0. The fourth-order valence-electron chi connectivity index (χ4n) is 1.34. The van der Waals surface area contributed by atoms with Crippen molar-refractivity contribution < 1.29 is 0 Å². The van der Waals surface area contributed by atoms with Crippen molar-refractivity contribution in [3.05, 3.63) is 41.0 Å². The van der Waals surface area contributed by atoms with Crippen LogP contribution >= 0.6 is 0 Å². The summed E-state index contributed by atoms with van der Waals surface area (Å²) in [6.45, 7) is 5.23. The number of likely N-dealkylation sites (N-methyl/N-ethyl adjacent to an activating group) is 1. The largest absolute Gasteiger partial charge is 0.316 e. The van der Waals surface area contributed by atoms with Crippen LogP contribution in [-0.4, -0.2) is 13.6 Å². The van der Waals surface area contributed by atoms with E-state index >= 15 is 0 Å². The second kappa shape index (κ2) is 4.83. The lowest BCUT2D eigenvalue weighted by atomic mass is 10.1. The minimum atomic E-state index is 0.953. The first-order chi connectivity index (χ1) is 6.24. The van der Waals surface area contributed by atoms with Crippen LogP contribution in [0.4, 0.5) is 0 Å². The highest BCUT2D eigenvalue weighted by Crippen LogP contribution is 2.11. The van der Waals surface area contributed by atoms with E-state index in [1.165, 1.54) is 16.7 Å². The third-order valence-corrected chi connectivity index (χ3v) is 2.05. The predicted octanol–water partition coefficient (Wildman–Crippen LogP) is 2.62. The highest BCUT2D eigenvalue weighted by Gasteiger charge is 1.93. The zero-order valence-corrected chi connectivity index (χ0v) is 8.59. The molecule has 1 heteroatoms. The molecule has 0 saturated carbocycles. The Bertz CT molecular complexity index is 300. The third-order valence-electron chi connectivity index (χ3n) is 2.05. The van der Waals surface area contributed by atoms with E-state index in [0.29, 0.717) is 0 Å². The molecule has 0 aliphatic heterocycles. The highest BCUT2D eigenvalue weighted by atomic mass is 14.8. The molecule has 1 N–H and O–H groups in total. The molecule has 0 unspecified atom stereocenters. The van der Waals surface area contributed by atoms with Crippen molar-refractivity contribution in [2.45, 2.75) is 13.8 Å². The van der Waals surface area contributed by atoms with Gasteiger partial charge in [-0.1, -0.05) is 35.9 Å². The molecular formula is C12H17N. The smallest absolute Gasteiger partial charge is 0.0162 e. The maximum absolute atomic E-state index is 3.14. The van der Waals surface area contributed by atoms with Gasteiger partial charge >= 0.3 is 0 Å². The summed E-state index contributed by atoms with van der Waals surface area (Å²) in [6, 6.07) is 8.43. The molecular weight excluding hydrogens is 158 g/mol. The third kappa shape index (κ3) is 3.03. The van der Waals surface area contributed by atoms with Gasteiger partial charge in [0.05, 0.1) is 0 Å². The molecule has 70 valence electrons. The summed E-state index contributed by atoms with van der Waals surface area (Å²) in [4.78, 5) is 0. The summed E-state index contributed by atoms with van der Waals surface area (Å²) in [7, 11) is 1.97. The van der Waals surface area contributed by atoms with Gasteiger partial charge in [0, 0.05) is 6.54 Å². The van der Waals surface area contributed by atoms with Gasteiger partial charge in [-0.05, 0) is 32.0 Å². The predicted molar refractivity (Wildman–Crippen MR) is 58.8 cm³/mol. The molecule has 0 amide bonds. The number of hydrogen-bond donors (Lipinski definition) is 1. The molecule has 0 saturated heterocycles. The van der Waals surface area contributed by atoms with Crippen molar-refractivity contribution >= 4 is 6.08 Å². The van der Waals surface area contributed by atoms with Crippen LogP contribution in [0.1, 0.15) is 18.1 Å². The molecule has 0 heterocycles. The van der Waals surface area contributed by atoms with Crippen LogP contribution in [-0.2, 0) is 0 Å². The number of benzene rings is 1. The van der Waals surface area contributed by atoms with Gasteiger partial charge in [0.25, 0.3) is 0 Å². The van der Waals surface area contributed by atoms with Crippen LogP contribution in [0.3, 0.4) is 0 Å². The van der Waals surface area contributed by atoms with Crippen LogP contribution < -0.4 is 5.32 Å². The van der Waals surface area contributed by atoms with Gasteiger partial charge in [-0.25, -0.2) is 0 Å². The Morgan fingerprint density at radius 1 is 1.38 bits per heavy atom. The van der Waals surface area contributed by atoms with Crippen molar-refractivity contribution in [3.8, 4) is 0 Å². The van der Waals surface area contributed by atoms with Gasteiger partial charge in [0.2, 0.25) is 0 Å². The monoisotopic (exact) mass is 175 g/mol. The zero-order chi connectivity index (χ0) is 9.68. The summed E-state index contributed by atoms with van der Waals surface area (Å²) in [6.07, 6.45) is 2.23. The summed E-state index contributed by atoms with van der Waals surface area (Å²) >= 11 is 0. The molecule has 1 aromatic rings. The Hall–Kier alpha value is -1.08. The molecule has 13 heavy (non-hydrogen) atoms. The topological polar surface area (TPSA) is 12.0 Å². The van der Waals surface area contributed by atoms with Crippen LogP contribution in [0.25, 0.3) is 6.08 Å². The average Bonchev–Trinajstić information content (AvgIpc) is 2.09. The molecule has 0 atom stereocenters. The summed E-state index contributed by atoms with van der Waals surface area (Å²) in [5, 5.41) is 3.14. The lowest BCUT2D eigenvalue weighted by Crippen LogP contribution is -2.08. The second-order valence-corrected chi connectivity index (χ2v) is 3.38. The van der Waals surface area contributed by atoms with Crippen molar-refractivity contribution in [3.63, 3.8) is 0 Å². The van der Waals surface area contributed by atoms with E-state index in [4.69, 9.17) is 0 Å². The summed E-state index contributed by atoms with van der Waals surface area (Å²) < 4.78 is 0. The highest BCUT2D eigenvalue weighted by molar-refractivity contribution is 5.56. The maximum Gasteiger partial charge on any atom is 0.0162 e. The van der Waals surface area contributed by atoms with Crippen molar-refractivity contribution in [2.75, 3.05) is 13.6 Å². The molecule has 0 radical (unpaired) electrons. The van der Waals surface area contributed by atoms with E-state index in [1.807, 2.05) is 7.05 Å². The van der Waals surface area contributed by atoms with Crippen LogP contribution in [0.5, 0.6) is 0 Å². The Labute approximate surface area is 80.5 Å². The van der Waals surface area contributed by atoms with E-state index in [2.05, 4.69) is 49.5 Å². The Kier molecular flexibility index (Phi) is 3.71. The quantitative estimate of drug-likeness (QED) is 0.744. The van der Waals surface area contributed by atoms with E-state index in [-0.39, 0.29) is 0 Å². The fourth-order valence-corrected chi connectivity index (χ4v) is 1.34. The molecule has 1 rings (SSSR count). The maximum atomic E-state index is 3.14. The number of aryl methyl sites for hydroxylation is 1. The SMILES string of the molecule is CNC/C(C)=C\c1ccccc1C. The van der Waals surface area contributed by atoms with Crippen molar-refractivity contribution in [1.82, 2.24) is 5.32 Å². The molecule has 0 aromatic heterocycles. The first kappa shape index (κ1) is 10.0. The average molecular weight is 175 g/mol. The summed E-state index contributed by atoms with van der Waals surface area (Å²) in [5.41, 5.74) is 4.00. The second-order valence-electron chi connectivity index (χ2n) is 3.38. The van der Waals surface area contributed by atoms with E-state index in [1.54, 1.807) is 0 Å². The van der Waals surface area contributed by atoms with Gasteiger partial charge in [0.1, 0.15) is 0 Å². The van der Waals surface area contributed by atoms with Gasteiger partial charge < -0.3 is 5.32 Å². The number of nitrogens with one attached hydrogen (secondary N) is 1. The first-order valence-corrected chi connectivity index (χ1v) is 4.61.